The van der Waals surface area contributed by atoms with Crippen LogP contribution in [0.1, 0.15) is 0 Å². The minimum Gasteiger partial charge on any atom is -0.504 e. The summed E-state index contributed by atoms with van der Waals surface area (Å²) in [5.74, 6) is -1.14. The van der Waals surface area contributed by atoms with E-state index in [2.05, 4.69) is 0 Å². The zero-order valence-corrected chi connectivity index (χ0v) is 9.55. The molecule has 0 saturated carbocycles. The molecule has 0 spiro atoms. The molecule has 1 aromatic heterocycles. The number of benzene rings is 2. The summed E-state index contributed by atoms with van der Waals surface area (Å²) in [4.78, 5) is 0. The van der Waals surface area contributed by atoms with Gasteiger partial charge in [0, 0.05) is 7.05 Å². The maximum Gasteiger partial charge on any atom is 0.167 e. The Hall–Kier alpha value is -2.56. The van der Waals surface area contributed by atoms with Gasteiger partial charge in [0.05, 0.1) is 21.8 Å². The zero-order chi connectivity index (χ0) is 13.0. The highest BCUT2D eigenvalue weighted by Crippen LogP contribution is 2.45. The smallest absolute Gasteiger partial charge is 0.167 e. The van der Waals surface area contributed by atoms with Crippen molar-refractivity contribution in [1.29, 1.82) is 0 Å². The minimum absolute atomic E-state index is 0.266. The van der Waals surface area contributed by atoms with Crippen LogP contribution in [0.15, 0.2) is 24.3 Å². The molecular formula is C13H11NO4. The Morgan fingerprint density at radius 1 is 0.722 bits per heavy atom. The Kier molecular flexibility index (Phi) is 1.90. The van der Waals surface area contributed by atoms with Crippen molar-refractivity contribution in [2.24, 2.45) is 7.05 Å². The number of nitrogens with zero attached hydrogens (tertiary/aromatic N) is 1. The van der Waals surface area contributed by atoms with Gasteiger partial charge >= 0.3 is 0 Å². The molecule has 18 heavy (non-hydrogen) atoms. The molecule has 0 radical (unpaired) electrons. The predicted octanol–water partition coefficient (Wildman–Crippen LogP) is 2.15. The van der Waals surface area contributed by atoms with Gasteiger partial charge in [0.2, 0.25) is 0 Å². The van der Waals surface area contributed by atoms with Crippen LogP contribution in [0.2, 0.25) is 0 Å². The second-order valence-corrected chi connectivity index (χ2v) is 4.21. The van der Waals surface area contributed by atoms with Crippen molar-refractivity contribution in [2.75, 3.05) is 0 Å². The molecule has 5 nitrogen and oxygen atoms in total. The van der Waals surface area contributed by atoms with Gasteiger partial charge in [-0.15, -0.1) is 0 Å². The molecule has 0 unspecified atom stereocenters. The molecule has 0 saturated heterocycles. The van der Waals surface area contributed by atoms with Crippen LogP contribution in [-0.2, 0) is 7.05 Å². The van der Waals surface area contributed by atoms with Crippen LogP contribution in [0.25, 0.3) is 21.8 Å². The third kappa shape index (κ3) is 1.10. The first-order valence-electron chi connectivity index (χ1n) is 5.36. The lowest BCUT2D eigenvalue weighted by Crippen LogP contribution is -1.85. The van der Waals surface area contributed by atoms with Crippen LogP contribution in [0.3, 0.4) is 0 Å². The number of hydrogen-bond acceptors (Lipinski definition) is 4. The summed E-state index contributed by atoms with van der Waals surface area (Å²) < 4.78 is 1.77. The van der Waals surface area contributed by atoms with Crippen molar-refractivity contribution in [3.05, 3.63) is 24.3 Å². The second-order valence-electron chi connectivity index (χ2n) is 4.21. The highest BCUT2D eigenvalue weighted by molar-refractivity contribution is 6.15. The van der Waals surface area contributed by atoms with Crippen LogP contribution in [-0.4, -0.2) is 25.0 Å². The summed E-state index contributed by atoms with van der Waals surface area (Å²) in [7, 11) is 1.78. The predicted molar refractivity (Wildman–Crippen MR) is 67.1 cm³/mol. The van der Waals surface area contributed by atoms with E-state index < -0.39 is 0 Å². The fourth-order valence-electron chi connectivity index (χ4n) is 2.32. The first-order valence-corrected chi connectivity index (χ1v) is 5.36. The van der Waals surface area contributed by atoms with Crippen LogP contribution in [0, 0.1) is 0 Å². The third-order valence-corrected chi connectivity index (χ3v) is 3.24. The van der Waals surface area contributed by atoms with E-state index in [1.165, 1.54) is 12.1 Å². The lowest BCUT2D eigenvalue weighted by atomic mass is 10.1. The number of hydrogen-bond donors (Lipinski definition) is 4. The Morgan fingerprint density at radius 3 is 1.50 bits per heavy atom. The monoisotopic (exact) mass is 245 g/mol. The topological polar surface area (TPSA) is 85.9 Å². The number of fused-ring (bicyclic) bond motifs is 3. The molecule has 3 rings (SSSR count). The maximum atomic E-state index is 9.93. The third-order valence-electron chi connectivity index (χ3n) is 3.24. The molecule has 0 aliphatic carbocycles. The van der Waals surface area contributed by atoms with Gasteiger partial charge in [-0.25, -0.2) is 0 Å². The van der Waals surface area contributed by atoms with E-state index in [0.717, 1.165) is 0 Å². The van der Waals surface area contributed by atoms with Crippen LogP contribution < -0.4 is 0 Å². The van der Waals surface area contributed by atoms with Gasteiger partial charge in [-0.2, -0.15) is 0 Å². The van der Waals surface area contributed by atoms with Crippen LogP contribution >= 0.6 is 0 Å². The maximum absolute atomic E-state index is 9.93. The molecule has 5 heteroatoms. The SMILES string of the molecule is Cn1c2ccc(O)c(O)c2c2c(O)c(O)ccc21. The molecule has 0 bridgehead atoms. The minimum atomic E-state index is -0.306. The van der Waals surface area contributed by atoms with Crippen molar-refractivity contribution in [3.63, 3.8) is 0 Å². The van der Waals surface area contributed by atoms with E-state index >= 15 is 0 Å². The zero-order valence-electron chi connectivity index (χ0n) is 9.55. The van der Waals surface area contributed by atoms with Crippen molar-refractivity contribution in [2.45, 2.75) is 0 Å². The lowest BCUT2D eigenvalue weighted by molar-refractivity contribution is 0.405. The van der Waals surface area contributed by atoms with E-state index in [1.807, 2.05) is 0 Å². The Labute approximate surface area is 102 Å². The van der Waals surface area contributed by atoms with Crippen LogP contribution in [0.5, 0.6) is 23.0 Å². The van der Waals surface area contributed by atoms with E-state index in [9.17, 15) is 20.4 Å². The normalized spacial score (nSPS) is 11.4. The first-order chi connectivity index (χ1) is 8.52. The largest absolute Gasteiger partial charge is 0.504 e. The first kappa shape index (κ1) is 10.6. The van der Waals surface area contributed by atoms with Gasteiger partial charge in [0.15, 0.2) is 23.0 Å². The summed E-state index contributed by atoms with van der Waals surface area (Å²) in [6.45, 7) is 0. The molecule has 0 atom stereocenters. The summed E-state index contributed by atoms with van der Waals surface area (Å²) in [6.07, 6.45) is 0. The van der Waals surface area contributed by atoms with Gasteiger partial charge in [0.25, 0.3) is 0 Å². The molecular weight excluding hydrogens is 234 g/mol. The summed E-state index contributed by atoms with van der Waals surface area (Å²) in [5, 5.41) is 39.6. The highest BCUT2D eigenvalue weighted by Gasteiger charge is 2.18. The number of phenolic OH excluding ortho intramolecular Hbond substituents is 4. The summed E-state index contributed by atoms with van der Waals surface area (Å²) >= 11 is 0. The van der Waals surface area contributed by atoms with Crippen molar-refractivity contribution >= 4 is 21.8 Å². The Balaban J connectivity index is 2.71. The van der Waals surface area contributed by atoms with Crippen molar-refractivity contribution in [1.82, 2.24) is 4.57 Å². The molecule has 92 valence electrons. The van der Waals surface area contributed by atoms with E-state index in [4.69, 9.17) is 0 Å². The molecule has 0 aliphatic rings. The van der Waals surface area contributed by atoms with Gasteiger partial charge in [-0.05, 0) is 24.3 Å². The average Bonchev–Trinajstić information content (AvgIpc) is 2.64. The fourth-order valence-corrected chi connectivity index (χ4v) is 2.32. The molecule has 0 amide bonds. The quantitative estimate of drug-likeness (QED) is 0.457. The van der Waals surface area contributed by atoms with Gasteiger partial charge in [0.1, 0.15) is 0 Å². The number of aryl methyl sites for hydroxylation is 1. The molecule has 0 aliphatic heterocycles. The second kappa shape index (κ2) is 3.22. The Bertz CT molecular complexity index is 724. The van der Waals surface area contributed by atoms with Crippen molar-refractivity contribution in [3.8, 4) is 23.0 Å². The van der Waals surface area contributed by atoms with Gasteiger partial charge in [-0.3, -0.25) is 0 Å². The molecule has 2 aromatic carbocycles. The van der Waals surface area contributed by atoms with Gasteiger partial charge in [-0.1, -0.05) is 0 Å². The average molecular weight is 245 g/mol. The van der Waals surface area contributed by atoms with E-state index in [-0.39, 0.29) is 23.0 Å². The van der Waals surface area contributed by atoms with Crippen molar-refractivity contribution < 1.29 is 20.4 Å². The number of rotatable bonds is 0. The summed E-state index contributed by atoms with van der Waals surface area (Å²) in [6, 6.07) is 6.04. The molecule has 1 heterocycles. The molecule has 0 fully saturated rings. The fraction of sp³-hybridized carbons (Fsp3) is 0.0769. The molecule has 4 N–H and O–H groups in total. The van der Waals surface area contributed by atoms with E-state index in [1.54, 1.807) is 23.7 Å². The number of phenols is 4. The van der Waals surface area contributed by atoms with E-state index in [0.29, 0.717) is 21.8 Å². The summed E-state index contributed by atoms with van der Waals surface area (Å²) in [5.41, 5.74) is 1.31. The number of aromatic hydroxyl groups is 4. The number of aromatic nitrogens is 1. The molecule has 3 aromatic rings. The lowest BCUT2D eigenvalue weighted by Gasteiger charge is -2.01. The van der Waals surface area contributed by atoms with Crippen LogP contribution in [0.4, 0.5) is 0 Å². The standard InChI is InChI=1S/C13H11NO4/c1-14-6-2-4-8(15)12(17)10(6)11-7(14)3-5-9(16)13(11)18/h2-5,15-18H,1H3. The highest BCUT2D eigenvalue weighted by atomic mass is 16.3. The van der Waals surface area contributed by atoms with Gasteiger partial charge < -0.3 is 25.0 Å². The Morgan fingerprint density at radius 2 is 1.11 bits per heavy atom.